The maximum Gasteiger partial charge on any atom is 0.321 e. The zero-order valence-corrected chi connectivity index (χ0v) is 23.4. The van der Waals surface area contributed by atoms with E-state index in [-0.39, 0.29) is 6.42 Å². The van der Waals surface area contributed by atoms with Crippen LogP contribution in [-0.4, -0.2) is 36.2 Å². The third kappa shape index (κ3) is 25.8. The number of carboxylic acid groups (broad SMARTS) is 1. The topological polar surface area (TPSA) is 75.6 Å². The van der Waals surface area contributed by atoms with Gasteiger partial charge in [0, 0.05) is 0 Å². The molecule has 5 heteroatoms. The second kappa shape index (κ2) is 27.5. The summed E-state index contributed by atoms with van der Waals surface area (Å²) in [6, 6.07) is -0.844. The van der Waals surface area contributed by atoms with Gasteiger partial charge < -0.3 is 15.2 Å². The molecule has 0 rings (SSSR count). The predicted octanol–water partition coefficient (Wildman–Crippen LogP) is 8.58. The first-order valence-electron chi connectivity index (χ1n) is 15.2. The van der Waals surface area contributed by atoms with Crippen molar-refractivity contribution in [1.29, 1.82) is 0 Å². The summed E-state index contributed by atoms with van der Waals surface area (Å²) in [6.07, 6.45) is 27.7. The molecule has 0 aromatic heterocycles. The van der Waals surface area contributed by atoms with Crippen molar-refractivity contribution in [1.82, 2.24) is 5.32 Å². The molecule has 5 nitrogen and oxygen atoms in total. The molecule has 0 amide bonds. The predicted molar refractivity (Wildman–Crippen MR) is 148 cm³/mol. The largest absolute Gasteiger partial charge is 0.480 e. The van der Waals surface area contributed by atoms with Gasteiger partial charge in [0.05, 0.1) is 13.0 Å². The summed E-state index contributed by atoms with van der Waals surface area (Å²) in [5, 5.41) is 12.4. The lowest BCUT2D eigenvalue weighted by Crippen LogP contribution is -2.39. The van der Waals surface area contributed by atoms with Gasteiger partial charge in [-0.15, -0.1) is 0 Å². The third-order valence-corrected chi connectivity index (χ3v) is 6.85. The summed E-state index contributed by atoms with van der Waals surface area (Å²) < 4.78 is 5.28. The van der Waals surface area contributed by atoms with Crippen molar-refractivity contribution < 1.29 is 19.4 Å². The number of ether oxygens (including phenoxy) is 1. The van der Waals surface area contributed by atoms with E-state index < -0.39 is 18.0 Å². The van der Waals surface area contributed by atoms with E-state index in [2.05, 4.69) is 19.2 Å². The second-order valence-corrected chi connectivity index (χ2v) is 10.3. The zero-order valence-electron chi connectivity index (χ0n) is 23.4. The Morgan fingerprint density at radius 1 is 0.600 bits per heavy atom. The van der Waals surface area contributed by atoms with E-state index in [1.165, 1.54) is 116 Å². The summed E-state index contributed by atoms with van der Waals surface area (Å²) in [5.74, 6) is -1.38. The molecule has 1 unspecified atom stereocenters. The lowest BCUT2D eigenvalue weighted by molar-refractivity contribution is -0.149. The Hall–Kier alpha value is -1.10. The summed E-state index contributed by atoms with van der Waals surface area (Å²) in [7, 11) is 0. The van der Waals surface area contributed by atoms with Crippen LogP contribution in [0.15, 0.2) is 0 Å². The fraction of sp³-hybridized carbons (Fsp3) is 0.933. The smallest absolute Gasteiger partial charge is 0.321 e. The fourth-order valence-electron chi connectivity index (χ4n) is 4.49. The number of unbranched alkanes of at least 4 members (excludes halogenated alkanes) is 20. The quantitative estimate of drug-likeness (QED) is 0.0836. The second-order valence-electron chi connectivity index (χ2n) is 10.3. The Balaban J connectivity index is 3.53. The highest BCUT2D eigenvalue weighted by Crippen LogP contribution is 2.13. The lowest BCUT2D eigenvalue weighted by Gasteiger charge is -2.14. The molecule has 208 valence electrons. The van der Waals surface area contributed by atoms with Gasteiger partial charge in [-0.2, -0.15) is 0 Å². The van der Waals surface area contributed by atoms with E-state index in [1.54, 1.807) is 0 Å². The molecular formula is C30H59NO4. The Bertz CT molecular complexity index is 469. The van der Waals surface area contributed by atoms with Gasteiger partial charge in [-0.25, -0.2) is 0 Å². The minimum absolute atomic E-state index is 0.0923. The molecule has 0 fully saturated rings. The van der Waals surface area contributed by atoms with Gasteiger partial charge in [0.25, 0.3) is 0 Å². The number of carbonyl (C=O) groups excluding carboxylic acids is 1. The molecule has 2 N–H and O–H groups in total. The van der Waals surface area contributed by atoms with Crippen LogP contribution in [0, 0.1) is 0 Å². The number of hydrogen-bond acceptors (Lipinski definition) is 4. The molecule has 35 heavy (non-hydrogen) atoms. The van der Waals surface area contributed by atoms with Gasteiger partial charge in [-0.1, -0.05) is 142 Å². The van der Waals surface area contributed by atoms with Gasteiger partial charge in [-0.05, 0) is 19.4 Å². The van der Waals surface area contributed by atoms with E-state index in [9.17, 15) is 14.7 Å². The van der Waals surface area contributed by atoms with Gasteiger partial charge in [-0.3, -0.25) is 9.59 Å². The van der Waals surface area contributed by atoms with Crippen molar-refractivity contribution in [3.8, 4) is 0 Å². The monoisotopic (exact) mass is 497 g/mol. The number of carboxylic acids is 1. The summed E-state index contributed by atoms with van der Waals surface area (Å²) >= 11 is 0. The van der Waals surface area contributed by atoms with Crippen molar-refractivity contribution in [2.24, 2.45) is 0 Å². The molecule has 0 aliphatic rings. The Labute approximate surface area is 217 Å². The van der Waals surface area contributed by atoms with Crippen LogP contribution in [0.3, 0.4) is 0 Å². The number of carbonyl (C=O) groups is 2. The SMILES string of the molecule is CCCCCCCCCCCCCCCCOC(=O)CC(NCCCCCCCCCC)C(=O)O. The van der Waals surface area contributed by atoms with Gasteiger partial charge >= 0.3 is 11.9 Å². The molecule has 0 aromatic rings. The molecule has 0 aromatic carbocycles. The summed E-state index contributed by atoms with van der Waals surface area (Å²) in [5.41, 5.74) is 0. The van der Waals surface area contributed by atoms with Crippen LogP contribution in [-0.2, 0) is 14.3 Å². The lowest BCUT2D eigenvalue weighted by atomic mass is 10.0. The van der Waals surface area contributed by atoms with Crippen LogP contribution < -0.4 is 5.32 Å². The summed E-state index contributed by atoms with van der Waals surface area (Å²) in [4.78, 5) is 23.5. The fourth-order valence-corrected chi connectivity index (χ4v) is 4.49. The molecule has 0 aliphatic carbocycles. The average molecular weight is 498 g/mol. The van der Waals surface area contributed by atoms with E-state index >= 15 is 0 Å². The Morgan fingerprint density at radius 2 is 0.971 bits per heavy atom. The Kier molecular flexibility index (Phi) is 26.6. The van der Waals surface area contributed by atoms with Crippen LogP contribution in [0.5, 0.6) is 0 Å². The normalized spacial score (nSPS) is 12.1. The molecule has 0 saturated heterocycles. The maximum absolute atomic E-state index is 12.0. The summed E-state index contributed by atoms with van der Waals surface area (Å²) in [6.45, 7) is 5.53. The van der Waals surface area contributed by atoms with Crippen molar-refractivity contribution in [2.75, 3.05) is 13.2 Å². The van der Waals surface area contributed by atoms with Crippen LogP contribution in [0.2, 0.25) is 0 Å². The van der Waals surface area contributed by atoms with E-state index in [0.717, 1.165) is 25.7 Å². The highest BCUT2D eigenvalue weighted by molar-refractivity contribution is 5.81. The molecular weight excluding hydrogens is 438 g/mol. The number of aliphatic carboxylic acids is 1. The molecule has 0 radical (unpaired) electrons. The van der Waals surface area contributed by atoms with Crippen LogP contribution in [0.25, 0.3) is 0 Å². The number of hydrogen-bond donors (Lipinski definition) is 2. The van der Waals surface area contributed by atoms with Gasteiger partial charge in [0.15, 0.2) is 0 Å². The number of rotatable bonds is 28. The first kappa shape index (κ1) is 33.9. The zero-order chi connectivity index (χ0) is 25.8. The van der Waals surface area contributed by atoms with E-state index in [0.29, 0.717) is 13.2 Å². The molecule has 0 bridgehead atoms. The average Bonchev–Trinajstić information content (AvgIpc) is 2.84. The van der Waals surface area contributed by atoms with Crippen LogP contribution >= 0.6 is 0 Å². The third-order valence-electron chi connectivity index (χ3n) is 6.85. The van der Waals surface area contributed by atoms with Gasteiger partial charge in [0.1, 0.15) is 6.04 Å². The molecule has 1 atom stereocenters. The number of nitrogens with one attached hydrogen (secondary N) is 1. The molecule has 0 aliphatic heterocycles. The maximum atomic E-state index is 12.0. The number of esters is 1. The highest BCUT2D eigenvalue weighted by atomic mass is 16.5. The van der Waals surface area contributed by atoms with Gasteiger partial charge in [0.2, 0.25) is 0 Å². The first-order valence-corrected chi connectivity index (χ1v) is 15.2. The molecule has 0 heterocycles. The van der Waals surface area contributed by atoms with Crippen molar-refractivity contribution in [3.05, 3.63) is 0 Å². The van der Waals surface area contributed by atoms with Crippen molar-refractivity contribution in [3.63, 3.8) is 0 Å². The minimum atomic E-state index is -0.974. The van der Waals surface area contributed by atoms with Crippen molar-refractivity contribution in [2.45, 2.75) is 168 Å². The highest BCUT2D eigenvalue weighted by Gasteiger charge is 2.21. The molecule has 0 saturated carbocycles. The van der Waals surface area contributed by atoms with Crippen LogP contribution in [0.1, 0.15) is 162 Å². The standard InChI is InChI=1S/C30H59NO4/c1-3-5-7-9-11-13-14-15-16-17-18-20-22-24-26-35-29(32)27-28(30(33)34)31-25-23-21-19-12-10-8-6-4-2/h28,31H,3-27H2,1-2H3,(H,33,34). The minimum Gasteiger partial charge on any atom is -0.480 e. The van der Waals surface area contributed by atoms with Crippen LogP contribution in [0.4, 0.5) is 0 Å². The Morgan fingerprint density at radius 3 is 1.37 bits per heavy atom. The molecule has 0 spiro atoms. The van der Waals surface area contributed by atoms with Crippen molar-refractivity contribution >= 4 is 11.9 Å². The van der Waals surface area contributed by atoms with E-state index in [4.69, 9.17) is 4.74 Å². The van der Waals surface area contributed by atoms with E-state index in [1.807, 2.05) is 0 Å². The first-order chi connectivity index (χ1) is 17.1.